The maximum absolute atomic E-state index is 14.7. The van der Waals surface area contributed by atoms with Crippen LogP contribution in [0, 0.1) is 5.92 Å². The Balaban J connectivity index is 1.35. The van der Waals surface area contributed by atoms with Gasteiger partial charge in [0.2, 0.25) is 0 Å². The second-order valence-electron chi connectivity index (χ2n) is 13.1. The second-order valence-corrected chi connectivity index (χ2v) is 17.0. The highest BCUT2D eigenvalue weighted by Crippen LogP contribution is 2.63. The van der Waals surface area contributed by atoms with Crippen LogP contribution in [0.25, 0.3) is 5.57 Å². The van der Waals surface area contributed by atoms with E-state index in [-0.39, 0.29) is 23.5 Å². The fourth-order valence-electron chi connectivity index (χ4n) is 7.62. The molecular formula is C32H40N4O5Si. The summed E-state index contributed by atoms with van der Waals surface area (Å²) in [4.78, 5) is 28.1. The van der Waals surface area contributed by atoms with Gasteiger partial charge in [-0.15, -0.1) is 5.10 Å². The van der Waals surface area contributed by atoms with E-state index in [1.165, 1.54) is 0 Å². The van der Waals surface area contributed by atoms with Gasteiger partial charge < -0.3 is 19.4 Å². The van der Waals surface area contributed by atoms with E-state index in [1.54, 1.807) is 18.0 Å². The van der Waals surface area contributed by atoms with Gasteiger partial charge in [0.15, 0.2) is 13.9 Å². The molecule has 0 saturated carbocycles. The van der Waals surface area contributed by atoms with Crippen LogP contribution in [0.15, 0.2) is 54.7 Å². The Morgan fingerprint density at radius 3 is 2.57 bits per heavy atom. The van der Waals surface area contributed by atoms with E-state index in [1.807, 2.05) is 60.5 Å². The lowest BCUT2D eigenvalue weighted by atomic mass is 9.81. The van der Waals surface area contributed by atoms with E-state index in [4.69, 9.17) is 9.47 Å². The first-order chi connectivity index (χ1) is 19.8. The lowest BCUT2D eigenvalue weighted by Gasteiger charge is -2.39. The second kappa shape index (κ2) is 9.87. The molecule has 1 amide bonds. The van der Waals surface area contributed by atoms with Gasteiger partial charge in [-0.1, -0.05) is 48.5 Å². The Morgan fingerprint density at radius 2 is 1.90 bits per heavy atom. The van der Waals surface area contributed by atoms with Gasteiger partial charge in [-0.3, -0.25) is 14.4 Å². The summed E-state index contributed by atoms with van der Waals surface area (Å²) in [6, 6.07) is 13.3. The number of anilines is 1. The number of aromatic nitrogens is 3. The number of methoxy groups -OCH3 is 1. The van der Waals surface area contributed by atoms with E-state index in [0.29, 0.717) is 24.4 Å². The molecule has 1 spiro atoms. The van der Waals surface area contributed by atoms with Crippen LogP contribution in [-0.2, 0) is 21.7 Å². The lowest BCUT2D eigenvalue weighted by Crippen LogP contribution is -2.53. The molecule has 9 nitrogen and oxygen atoms in total. The van der Waals surface area contributed by atoms with Crippen molar-refractivity contribution < 1.29 is 24.2 Å². The van der Waals surface area contributed by atoms with Crippen LogP contribution in [0.5, 0.6) is 5.75 Å². The first-order valence-electron chi connectivity index (χ1n) is 14.6. The van der Waals surface area contributed by atoms with Crippen molar-refractivity contribution in [1.82, 2.24) is 15.0 Å². The van der Waals surface area contributed by atoms with Crippen molar-refractivity contribution in [2.75, 3.05) is 12.0 Å². The zero-order valence-corrected chi connectivity index (χ0v) is 26.3. The third kappa shape index (κ3) is 4.26. The maximum Gasteiger partial charge on any atom is 0.265 e. The number of rotatable bonds is 7. The number of carbonyl (C=O) groups excluding carboxylic acids is 1. The molecule has 0 unspecified atom stereocenters. The Morgan fingerprint density at radius 1 is 1.19 bits per heavy atom. The zero-order chi connectivity index (χ0) is 30.2. The first-order valence-corrected chi connectivity index (χ1v) is 17.6. The summed E-state index contributed by atoms with van der Waals surface area (Å²) in [6.07, 6.45) is 3.14. The largest absolute Gasteiger partial charge is 0.497 e. The molecule has 2 N–H and O–H groups in total. The van der Waals surface area contributed by atoms with Gasteiger partial charge in [0.25, 0.3) is 5.91 Å². The average molecular weight is 589 g/mol. The number of aryl methyl sites for hydroxylation is 1. The van der Waals surface area contributed by atoms with Crippen LogP contribution < -0.4 is 9.64 Å². The predicted octanol–water partition coefficient (Wildman–Crippen LogP) is 4.80. The number of nitrogens with zero attached hydrogens (tertiary/aromatic N) is 4. The molecule has 1 aromatic heterocycles. The molecule has 0 aliphatic carbocycles. The quantitative estimate of drug-likeness (QED) is 0.382. The van der Waals surface area contributed by atoms with E-state index in [9.17, 15) is 14.7 Å². The third-order valence-corrected chi connectivity index (χ3v) is 11.9. The molecule has 4 heterocycles. The summed E-state index contributed by atoms with van der Waals surface area (Å²) in [7, 11) is -1.18. The van der Waals surface area contributed by atoms with Crippen molar-refractivity contribution >= 4 is 25.5 Å². The normalized spacial score (nSPS) is 26.9. The van der Waals surface area contributed by atoms with Crippen LogP contribution in [0.4, 0.5) is 5.69 Å². The molecule has 0 radical (unpaired) electrons. The number of benzene rings is 2. The highest BCUT2D eigenvalue weighted by atomic mass is 28.4. The van der Waals surface area contributed by atoms with Crippen molar-refractivity contribution in [3.05, 3.63) is 77.1 Å². The summed E-state index contributed by atoms with van der Waals surface area (Å²) in [5, 5.41) is 19.3. The number of fused-ring (bicyclic) bond motifs is 1. The molecule has 3 aromatic rings. The van der Waals surface area contributed by atoms with Crippen LogP contribution >= 0.6 is 0 Å². The Hall–Kier alpha value is -3.31. The highest BCUT2D eigenvalue weighted by Gasteiger charge is 2.68. The molecule has 2 aromatic carbocycles. The summed E-state index contributed by atoms with van der Waals surface area (Å²) in [5.74, 6) is 0.312. The minimum absolute atomic E-state index is 0.0898. The van der Waals surface area contributed by atoms with Crippen molar-refractivity contribution in [1.29, 1.82) is 0 Å². The summed E-state index contributed by atoms with van der Waals surface area (Å²) < 4.78 is 14.4. The third-order valence-electron chi connectivity index (χ3n) is 9.36. The number of hydrogen-bond donors (Lipinski definition) is 2. The number of ether oxygens (including phenoxy) is 2. The van der Waals surface area contributed by atoms with E-state index < -0.39 is 25.6 Å². The molecule has 5 atom stereocenters. The van der Waals surface area contributed by atoms with Gasteiger partial charge in [-0.25, -0.2) is 0 Å². The minimum atomic E-state index is -2.82. The number of allylic oxidation sites excluding steroid dienone is 1. The summed E-state index contributed by atoms with van der Waals surface area (Å²) >= 11 is 0. The molecule has 3 aliphatic heterocycles. The topological polar surface area (TPSA) is 110 Å². The van der Waals surface area contributed by atoms with Crippen molar-refractivity contribution in [2.45, 2.75) is 82.6 Å². The van der Waals surface area contributed by atoms with Gasteiger partial charge in [0.1, 0.15) is 17.5 Å². The van der Waals surface area contributed by atoms with Gasteiger partial charge in [0, 0.05) is 29.1 Å². The average Bonchev–Trinajstić information content (AvgIpc) is 3.60. The fraction of sp³-hybridized carbons (Fsp3) is 0.469. The number of amides is 1. The number of carbonyl (C=O) groups is 1. The van der Waals surface area contributed by atoms with Crippen molar-refractivity contribution in [3.63, 3.8) is 0 Å². The molecule has 42 heavy (non-hydrogen) atoms. The fourth-order valence-corrected chi connectivity index (χ4v) is 10.2. The van der Waals surface area contributed by atoms with E-state index in [2.05, 4.69) is 44.1 Å². The monoisotopic (exact) mass is 588 g/mol. The van der Waals surface area contributed by atoms with E-state index >= 15 is 0 Å². The van der Waals surface area contributed by atoms with E-state index in [0.717, 1.165) is 28.0 Å². The molecule has 6 rings (SSSR count). The standard InChI is InChI=1S/C32H40N4O5Si/c1-19-17-31(3,4)36-27-23(19)15-22(40-5)16-24(27)32(30(36)38)20(2)29(42(6,7)39)26(41-32)13-14-35-18-25(33-34-35)28(37)21-11-9-8-10-12-21/h8-12,15-18,20,26,28-29,37,39H,13-14H2,1-7H3/t20-,26+,28+,29-,32+/m0/s1. The number of aliphatic hydroxyl groups is 1. The number of hydrogen-bond acceptors (Lipinski definition) is 7. The smallest absolute Gasteiger partial charge is 0.265 e. The molecule has 10 heteroatoms. The molecule has 1 saturated heterocycles. The van der Waals surface area contributed by atoms with Crippen LogP contribution in [-0.4, -0.2) is 57.9 Å². The van der Waals surface area contributed by atoms with Crippen molar-refractivity contribution in [2.24, 2.45) is 5.92 Å². The number of aliphatic hydroxyl groups excluding tert-OH is 1. The molecule has 0 bridgehead atoms. The van der Waals surface area contributed by atoms with Gasteiger partial charge in [-0.2, -0.15) is 0 Å². The minimum Gasteiger partial charge on any atom is -0.497 e. The summed E-state index contributed by atoms with van der Waals surface area (Å²) in [5.41, 5.74) is 2.97. The molecule has 1 fully saturated rings. The summed E-state index contributed by atoms with van der Waals surface area (Å²) in [6.45, 7) is 12.5. The molecular weight excluding hydrogens is 548 g/mol. The van der Waals surface area contributed by atoms with Crippen LogP contribution in [0.2, 0.25) is 18.6 Å². The Bertz CT molecular complexity index is 1560. The molecule has 3 aliphatic rings. The van der Waals surface area contributed by atoms with Crippen molar-refractivity contribution in [3.8, 4) is 5.75 Å². The van der Waals surface area contributed by atoms with Crippen LogP contribution in [0.3, 0.4) is 0 Å². The van der Waals surface area contributed by atoms with Gasteiger partial charge in [0.05, 0.1) is 30.6 Å². The van der Waals surface area contributed by atoms with Crippen LogP contribution in [0.1, 0.15) is 62.6 Å². The molecule has 222 valence electrons. The zero-order valence-electron chi connectivity index (χ0n) is 25.3. The highest BCUT2D eigenvalue weighted by molar-refractivity contribution is 6.71. The van der Waals surface area contributed by atoms with Gasteiger partial charge >= 0.3 is 0 Å². The maximum atomic E-state index is 14.7. The lowest BCUT2D eigenvalue weighted by molar-refractivity contribution is -0.146. The SMILES string of the molecule is COc1cc2c3c(c1)[C@@]1(O[C@H](CCn4cc([C@H](O)c5ccccc5)nn4)[C@@H]([Si](C)(C)O)[C@@H]1C)C(=O)N3C(C)(C)C=C2C. The predicted molar refractivity (Wildman–Crippen MR) is 163 cm³/mol. The Labute approximate surface area is 247 Å². The van der Waals surface area contributed by atoms with Gasteiger partial charge in [-0.05, 0) is 63.6 Å². The Kier molecular flexibility index (Phi) is 6.77. The first kappa shape index (κ1) is 28.8.